The molecule has 160 valence electrons. The maximum Gasteiger partial charge on any atom is 0.227 e. The number of rotatable bonds is 8. The van der Waals surface area contributed by atoms with Gasteiger partial charge in [0.05, 0.1) is 47.3 Å². The highest BCUT2D eigenvalue weighted by Gasteiger charge is 2.15. The van der Waals surface area contributed by atoms with Crippen molar-refractivity contribution < 1.29 is 4.74 Å². The Hall–Kier alpha value is -3.04. The molecule has 0 amide bonds. The number of nitrogens with two attached hydrogens (primary N) is 1. The van der Waals surface area contributed by atoms with Gasteiger partial charge in [-0.1, -0.05) is 11.6 Å². The van der Waals surface area contributed by atoms with E-state index in [0.717, 1.165) is 24.3 Å². The number of likely N-dealkylation sites (N-methyl/N-ethyl adjacent to an activating group) is 2. The average Bonchev–Trinajstić information content (AvgIpc) is 3.14. The number of halogens is 1. The van der Waals surface area contributed by atoms with E-state index in [1.54, 1.807) is 24.2 Å². The van der Waals surface area contributed by atoms with Crippen LogP contribution in [-0.2, 0) is 7.05 Å². The van der Waals surface area contributed by atoms with Crippen LogP contribution < -0.4 is 20.7 Å². The maximum absolute atomic E-state index is 6.33. The van der Waals surface area contributed by atoms with Gasteiger partial charge >= 0.3 is 0 Å². The third-order valence-corrected chi connectivity index (χ3v) is 4.89. The zero-order chi connectivity index (χ0) is 21.8. The van der Waals surface area contributed by atoms with Crippen molar-refractivity contribution in [3.8, 4) is 17.0 Å². The number of aromatic nitrogens is 4. The van der Waals surface area contributed by atoms with Crippen molar-refractivity contribution in [2.75, 3.05) is 57.3 Å². The van der Waals surface area contributed by atoms with Gasteiger partial charge in [-0.15, -0.1) is 0 Å². The summed E-state index contributed by atoms with van der Waals surface area (Å²) in [6.45, 7) is 1.75. The molecule has 9 nitrogen and oxygen atoms in total. The third kappa shape index (κ3) is 4.92. The molecule has 0 aliphatic rings. The molecule has 0 aliphatic heterocycles. The van der Waals surface area contributed by atoms with Crippen molar-refractivity contribution in [1.82, 2.24) is 24.6 Å². The van der Waals surface area contributed by atoms with E-state index in [0.29, 0.717) is 33.8 Å². The minimum atomic E-state index is 0.379. The van der Waals surface area contributed by atoms with E-state index in [1.165, 1.54) is 0 Å². The van der Waals surface area contributed by atoms with Crippen molar-refractivity contribution in [3.63, 3.8) is 0 Å². The lowest BCUT2D eigenvalue weighted by Crippen LogP contribution is -2.29. The van der Waals surface area contributed by atoms with Crippen LogP contribution in [0.25, 0.3) is 11.3 Å². The summed E-state index contributed by atoms with van der Waals surface area (Å²) in [5.74, 6) is 1.02. The topological polar surface area (TPSA) is 97.4 Å². The highest BCUT2D eigenvalue weighted by atomic mass is 35.5. The van der Waals surface area contributed by atoms with Crippen molar-refractivity contribution in [3.05, 3.63) is 35.7 Å². The number of nitrogens with zero attached hydrogens (tertiary/aromatic N) is 6. The number of ether oxygens (including phenoxy) is 1. The predicted octanol–water partition coefficient (Wildman–Crippen LogP) is 2.86. The summed E-state index contributed by atoms with van der Waals surface area (Å²) >= 11 is 6.29. The van der Waals surface area contributed by atoms with E-state index in [1.807, 2.05) is 46.5 Å². The number of nitrogens with one attached hydrogen (secondary N) is 1. The molecule has 2 aromatic heterocycles. The second-order valence-electron chi connectivity index (χ2n) is 7.25. The van der Waals surface area contributed by atoms with Crippen LogP contribution >= 0.6 is 11.6 Å². The lowest BCUT2D eigenvalue weighted by molar-refractivity contribution is 0.413. The fourth-order valence-electron chi connectivity index (χ4n) is 2.95. The Kier molecular flexibility index (Phi) is 6.63. The second-order valence-corrected chi connectivity index (χ2v) is 7.66. The van der Waals surface area contributed by atoms with E-state index in [9.17, 15) is 0 Å². The molecule has 10 heteroatoms. The Morgan fingerprint density at radius 1 is 1.20 bits per heavy atom. The summed E-state index contributed by atoms with van der Waals surface area (Å²) < 4.78 is 7.27. The van der Waals surface area contributed by atoms with Gasteiger partial charge in [0.2, 0.25) is 5.95 Å². The SMILES string of the molecule is COc1cc(N(C)CCN(C)C)c(N)cc1Nc1ncc(Cl)c(-c2cnn(C)c2)n1. The van der Waals surface area contributed by atoms with Gasteiger partial charge in [-0.05, 0) is 20.2 Å². The average molecular weight is 431 g/mol. The minimum Gasteiger partial charge on any atom is -0.494 e. The molecule has 0 aliphatic carbocycles. The predicted molar refractivity (Wildman–Crippen MR) is 122 cm³/mol. The van der Waals surface area contributed by atoms with E-state index in [2.05, 4.69) is 30.2 Å². The first-order valence-corrected chi connectivity index (χ1v) is 9.78. The molecule has 0 fully saturated rings. The summed E-state index contributed by atoms with van der Waals surface area (Å²) in [5, 5.41) is 7.80. The molecule has 0 atom stereocenters. The molecule has 0 unspecified atom stereocenters. The highest BCUT2D eigenvalue weighted by Crippen LogP contribution is 2.36. The molecular weight excluding hydrogens is 404 g/mol. The number of hydrogen-bond acceptors (Lipinski definition) is 8. The standard InChI is InChI=1S/C20H27ClN8O/c1-27(2)6-7-28(3)17-9-18(30-5)16(8-15(17)22)25-20-23-11-14(21)19(26-20)13-10-24-29(4)12-13/h8-12H,6-7,22H2,1-5H3,(H,23,25,26). The number of hydrogen-bond donors (Lipinski definition) is 2. The van der Waals surface area contributed by atoms with Crippen molar-refractivity contribution >= 4 is 34.6 Å². The fourth-order valence-corrected chi connectivity index (χ4v) is 3.15. The Balaban J connectivity index is 1.89. The van der Waals surface area contributed by atoms with E-state index in [-0.39, 0.29) is 0 Å². The lowest BCUT2D eigenvalue weighted by atomic mass is 10.2. The smallest absolute Gasteiger partial charge is 0.227 e. The summed E-state index contributed by atoms with van der Waals surface area (Å²) in [6, 6.07) is 3.73. The summed E-state index contributed by atoms with van der Waals surface area (Å²) in [6.07, 6.45) is 5.10. The molecule has 3 aromatic rings. The third-order valence-electron chi connectivity index (χ3n) is 4.61. The normalized spacial score (nSPS) is 11.0. The molecular formula is C20H27ClN8O. The van der Waals surface area contributed by atoms with Crippen molar-refractivity contribution in [2.24, 2.45) is 7.05 Å². The quantitative estimate of drug-likeness (QED) is 0.526. The van der Waals surface area contributed by atoms with Gasteiger partial charge in [0.25, 0.3) is 0 Å². The van der Waals surface area contributed by atoms with Gasteiger partial charge < -0.3 is 25.6 Å². The molecule has 0 saturated carbocycles. The number of methoxy groups -OCH3 is 1. The molecule has 30 heavy (non-hydrogen) atoms. The monoisotopic (exact) mass is 430 g/mol. The zero-order valence-corrected chi connectivity index (χ0v) is 18.6. The van der Waals surface area contributed by atoms with Crippen LogP contribution in [-0.4, -0.2) is 66.0 Å². The van der Waals surface area contributed by atoms with Crippen LogP contribution in [0.2, 0.25) is 5.02 Å². The minimum absolute atomic E-state index is 0.379. The summed E-state index contributed by atoms with van der Waals surface area (Å²) in [4.78, 5) is 13.0. The number of benzene rings is 1. The van der Waals surface area contributed by atoms with Crippen LogP contribution in [0.15, 0.2) is 30.7 Å². The van der Waals surface area contributed by atoms with Gasteiger partial charge in [0, 0.05) is 45.0 Å². The van der Waals surface area contributed by atoms with Crippen LogP contribution in [0.1, 0.15) is 0 Å². The highest BCUT2D eigenvalue weighted by molar-refractivity contribution is 6.32. The van der Waals surface area contributed by atoms with E-state index in [4.69, 9.17) is 22.1 Å². The first-order chi connectivity index (χ1) is 14.3. The van der Waals surface area contributed by atoms with Gasteiger partial charge in [-0.2, -0.15) is 5.10 Å². The molecule has 0 radical (unpaired) electrons. The van der Waals surface area contributed by atoms with Gasteiger partial charge in [-0.3, -0.25) is 4.68 Å². The molecule has 2 heterocycles. The van der Waals surface area contributed by atoms with E-state index >= 15 is 0 Å². The van der Waals surface area contributed by atoms with Gasteiger partial charge in [-0.25, -0.2) is 9.97 Å². The Morgan fingerprint density at radius 3 is 2.60 bits per heavy atom. The maximum atomic E-state index is 6.33. The first kappa shape index (κ1) is 21.7. The Labute approximate surface area is 181 Å². The summed E-state index contributed by atoms with van der Waals surface area (Å²) in [7, 11) is 9.53. The van der Waals surface area contributed by atoms with Crippen LogP contribution in [0.4, 0.5) is 23.0 Å². The summed E-state index contributed by atoms with van der Waals surface area (Å²) in [5.41, 5.74) is 9.91. The van der Waals surface area contributed by atoms with Crippen LogP contribution in [0, 0.1) is 0 Å². The molecule has 0 saturated heterocycles. The number of nitrogen functional groups attached to an aromatic ring is 1. The Morgan fingerprint density at radius 2 is 1.97 bits per heavy atom. The molecule has 3 rings (SSSR count). The number of anilines is 4. The van der Waals surface area contributed by atoms with Gasteiger partial charge in [0.15, 0.2) is 0 Å². The van der Waals surface area contributed by atoms with Crippen LogP contribution in [0.3, 0.4) is 0 Å². The fraction of sp³-hybridized carbons (Fsp3) is 0.350. The van der Waals surface area contributed by atoms with Crippen LogP contribution in [0.5, 0.6) is 5.75 Å². The second kappa shape index (κ2) is 9.19. The van der Waals surface area contributed by atoms with Crippen molar-refractivity contribution in [2.45, 2.75) is 0 Å². The first-order valence-electron chi connectivity index (χ1n) is 9.40. The van der Waals surface area contributed by atoms with Crippen molar-refractivity contribution in [1.29, 1.82) is 0 Å². The van der Waals surface area contributed by atoms with E-state index < -0.39 is 0 Å². The van der Waals surface area contributed by atoms with Gasteiger partial charge in [0.1, 0.15) is 5.75 Å². The molecule has 0 spiro atoms. The molecule has 1 aromatic carbocycles. The molecule has 3 N–H and O–H groups in total. The number of aryl methyl sites for hydroxylation is 1. The Bertz CT molecular complexity index is 1020. The lowest BCUT2D eigenvalue weighted by Gasteiger charge is -2.24. The largest absolute Gasteiger partial charge is 0.494 e. The molecule has 0 bridgehead atoms. The zero-order valence-electron chi connectivity index (χ0n) is 17.8.